The molecule has 0 aliphatic carbocycles. The molecule has 0 bridgehead atoms. The van der Waals surface area contributed by atoms with E-state index in [0.717, 1.165) is 24.9 Å². The normalized spacial score (nSPS) is 18.7. The smallest absolute Gasteiger partial charge is 0.0942 e. The lowest BCUT2D eigenvalue weighted by molar-refractivity contribution is 0.119. The summed E-state index contributed by atoms with van der Waals surface area (Å²) in [6.45, 7) is 9.21. The third-order valence-electron chi connectivity index (χ3n) is 5.08. The zero-order valence-electron chi connectivity index (χ0n) is 15.6. The highest BCUT2D eigenvalue weighted by Gasteiger charge is 2.20. The minimum atomic E-state index is -0.417. The number of nitrogens with zero attached hydrogens (tertiary/aromatic N) is 1. The first-order valence-corrected chi connectivity index (χ1v) is 9.85. The van der Waals surface area contributed by atoms with E-state index in [1.807, 2.05) is 30.3 Å². The molecule has 2 rings (SSSR count). The third-order valence-corrected chi connectivity index (χ3v) is 5.08. The summed E-state index contributed by atoms with van der Waals surface area (Å²) in [5.74, 6) is 0.672. The van der Waals surface area contributed by atoms with Gasteiger partial charge in [0.05, 0.1) is 6.10 Å². The Balaban J connectivity index is 1.79. The number of hydrogen-bond acceptors (Lipinski definition) is 3. The quantitative estimate of drug-likeness (QED) is 0.636. The molecule has 0 radical (unpaired) electrons. The second kappa shape index (κ2) is 10.9. The lowest BCUT2D eigenvalue weighted by atomic mass is 9.95. The molecule has 3 nitrogen and oxygen atoms in total. The van der Waals surface area contributed by atoms with E-state index in [-0.39, 0.29) is 6.04 Å². The number of aliphatic hydroxyl groups is 1. The number of aliphatic hydroxyl groups excluding tert-OH is 1. The van der Waals surface area contributed by atoms with Crippen molar-refractivity contribution >= 4 is 0 Å². The van der Waals surface area contributed by atoms with Gasteiger partial charge in [0.15, 0.2) is 0 Å². The van der Waals surface area contributed by atoms with Gasteiger partial charge in [-0.3, -0.25) is 0 Å². The highest BCUT2D eigenvalue weighted by Crippen LogP contribution is 2.21. The Morgan fingerprint density at radius 2 is 1.75 bits per heavy atom. The maximum absolute atomic E-state index is 10.8. The Labute approximate surface area is 148 Å². The van der Waals surface area contributed by atoms with Crippen molar-refractivity contribution in [2.75, 3.05) is 26.2 Å². The van der Waals surface area contributed by atoms with Crippen LogP contribution in [0, 0.1) is 5.92 Å². The summed E-state index contributed by atoms with van der Waals surface area (Å²) >= 11 is 0. The van der Waals surface area contributed by atoms with Crippen molar-refractivity contribution in [3.8, 4) is 0 Å². The maximum Gasteiger partial charge on any atom is 0.0942 e. The van der Waals surface area contributed by atoms with Gasteiger partial charge >= 0.3 is 0 Å². The van der Waals surface area contributed by atoms with Crippen LogP contribution in [0.25, 0.3) is 0 Å². The van der Waals surface area contributed by atoms with Crippen LogP contribution in [0.15, 0.2) is 30.3 Å². The van der Waals surface area contributed by atoms with Crippen molar-refractivity contribution in [1.82, 2.24) is 10.2 Å². The van der Waals surface area contributed by atoms with Gasteiger partial charge in [0.25, 0.3) is 0 Å². The number of rotatable bonds is 10. The third kappa shape index (κ3) is 6.92. The molecular formula is C21H36N2O. The van der Waals surface area contributed by atoms with Crippen molar-refractivity contribution in [1.29, 1.82) is 0 Å². The predicted octanol–water partition coefficient (Wildman–Crippen LogP) is 3.99. The molecule has 1 fully saturated rings. The lowest BCUT2D eigenvalue weighted by Gasteiger charge is -2.28. The molecule has 0 spiro atoms. The van der Waals surface area contributed by atoms with Gasteiger partial charge in [-0.2, -0.15) is 0 Å². The lowest BCUT2D eigenvalue weighted by Crippen LogP contribution is -2.38. The van der Waals surface area contributed by atoms with Crippen LogP contribution < -0.4 is 5.32 Å². The van der Waals surface area contributed by atoms with E-state index in [1.165, 1.54) is 45.3 Å². The van der Waals surface area contributed by atoms with Gasteiger partial charge in [0, 0.05) is 6.04 Å². The van der Waals surface area contributed by atoms with Crippen LogP contribution >= 0.6 is 0 Å². The van der Waals surface area contributed by atoms with E-state index in [1.54, 1.807) is 0 Å². The number of nitrogens with one attached hydrogen (secondary N) is 1. The van der Waals surface area contributed by atoms with Gasteiger partial charge in [0.2, 0.25) is 0 Å². The van der Waals surface area contributed by atoms with Gasteiger partial charge in [-0.25, -0.2) is 0 Å². The number of benzene rings is 1. The molecule has 1 aliphatic rings. The summed E-state index contributed by atoms with van der Waals surface area (Å²) < 4.78 is 0. The fourth-order valence-corrected chi connectivity index (χ4v) is 3.54. The van der Waals surface area contributed by atoms with Crippen molar-refractivity contribution in [2.24, 2.45) is 5.92 Å². The summed E-state index contributed by atoms with van der Waals surface area (Å²) in [6, 6.07) is 10.2. The van der Waals surface area contributed by atoms with E-state index in [0.29, 0.717) is 5.92 Å². The average Bonchev–Trinajstić information content (AvgIpc) is 2.62. The van der Waals surface area contributed by atoms with Gasteiger partial charge in [-0.15, -0.1) is 0 Å². The molecule has 24 heavy (non-hydrogen) atoms. The first-order valence-electron chi connectivity index (χ1n) is 9.85. The van der Waals surface area contributed by atoms with Gasteiger partial charge in [0.1, 0.15) is 0 Å². The molecule has 1 aromatic rings. The van der Waals surface area contributed by atoms with Crippen LogP contribution in [0.5, 0.6) is 0 Å². The molecule has 2 unspecified atom stereocenters. The zero-order chi connectivity index (χ0) is 17.2. The molecule has 1 heterocycles. The molecular weight excluding hydrogens is 296 g/mol. The van der Waals surface area contributed by atoms with Crippen molar-refractivity contribution in [3.63, 3.8) is 0 Å². The number of hydrogen-bond donors (Lipinski definition) is 2. The Bertz CT molecular complexity index is 429. The molecule has 3 heteroatoms. The van der Waals surface area contributed by atoms with E-state index in [9.17, 15) is 5.11 Å². The van der Waals surface area contributed by atoms with Crippen molar-refractivity contribution < 1.29 is 5.11 Å². The Morgan fingerprint density at radius 3 is 2.42 bits per heavy atom. The number of likely N-dealkylation sites (tertiary alicyclic amines) is 1. The Morgan fingerprint density at radius 1 is 1.04 bits per heavy atom. The largest absolute Gasteiger partial charge is 0.387 e. The molecule has 1 aliphatic heterocycles. The molecule has 1 aromatic carbocycles. The minimum Gasteiger partial charge on any atom is -0.387 e. The summed E-state index contributed by atoms with van der Waals surface area (Å²) in [5.41, 5.74) is 1.02. The second-order valence-electron chi connectivity index (χ2n) is 7.64. The van der Waals surface area contributed by atoms with Crippen LogP contribution in [-0.4, -0.2) is 42.2 Å². The van der Waals surface area contributed by atoms with Crippen LogP contribution in [0.4, 0.5) is 0 Å². The van der Waals surface area contributed by atoms with Gasteiger partial charge < -0.3 is 15.3 Å². The van der Waals surface area contributed by atoms with Crippen LogP contribution in [0.1, 0.15) is 64.0 Å². The summed E-state index contributed by atoms with van der Waals surface area (Å²) in [5, 5.41) is 14.4. The molecule has 1 saturated heterocycles. The molecule has 136 valence electrons. The fraction of sp³-hybridized carbons (Fsp3) is 0.714. The second-order valence-corrected chi connectivity index (χ2v) is 7.64. The molecule has 2 atom stereocenters. The zero-order valence-corrected chi connectivity index (χ0v) is 15.6. The monoisotopic (exact) mass is 332 g/mol. The number of piperidine rings is 1. The summed E-state index contributed by atoms with van der Waals surface area (Å²) in [7, 11) is 0. The Kier molecular flexibility index (Phi) is 8.79. The van der Waals surface area contributed by atoms with E-state index < -0.39 is 6.10 Å². The fourth-order valence-electron chi connectivity index (χ4n) is 3.54. The van der Waals surface area contributed by atoms with Crippen LogP contribution in [0.3, 0.4) is 0 Å². The van der Waals surface area contributed by atoms with E-state index >= 15 is 0 Å². The SMILES string of the molecule is CC(C)CCC(NCCCN1CCCCC1)C(O)c1ccccc1. The molecule has 2 N–H and O–H groups in total. The Hall–Kier alpha value is -0.900. The van der Waals surface area contributed by atoms with Gasteiger partial charge in [-0.1, -0.05) is 50.6 Å². The van der Waals surface area contributed by atoms with Gasteiger partial charge in [-0.05, 0) is 69.8 Å². The molecule has 0 aromatic heterocycles. The first kappa shape index (κ1) is 19.4. The molecule has 0 saturated carbocycles. The summed E-state index contributed by atoms with van der Waals surface area (Å²) in [6.07, 6.45) is 7.04. The van der Waals surface area contributed by atoms with Crippen LogP contribution in [0.2, 0.25) is 0 Å². The van der Waals surface area contributed by atoms with Crippen molar-refractivity contribution in [2.45, 2.75) is 64.5 Å². The first-order chi connectivity index (χ1) is 11.7. The topological polar surface area (TPSA) is 35.5 Å². The van der Waals surface area contributed by atoms with E-state index in [2.05, 4.69) is 24.1 Å². The van der Waals surface area contributed by atoms with E-state index in [4.69, 9.17) is 0 Å². The predicted molar refractivity (Wildman–Crippen MR) is 102 cm³/mol. The standard InChI is InChI=1S/C21H36N2O/c1-18(2)12-13-20(21(24)19-10-5-3-6-11-19)22-14-9-17-23-15-7-4-8-16-23/h3,5-6,10-11,18,20-22,24H,4,7-9,12-17H2,1-2H3. The average molecular weight is 333 g/mol. The highest BCUT2D eigenvalue weighted by atomic mass is 16.3. The molecule has 0 amide bonds. The van der Waals surface area contributed by atoms with Crippen molar-refractivity contribution in [3.05, 3.63) is 35.9 Å². The maximum atomic E-state index is 10.8. The van der Waals surface area contributed by atoms with Crippen LogP contribution in [-0.2, 0) is 0 Å². The highest BCUT2D eigenvalue weighted by molar-refractivity contribution is 5.18. The summed E-state index contributed by atoms with van der Waals surface area (Å²) in [4.78, 5) is 2.59. The minimum absolute atomic E-state index is 0.149.